The SMILES string of the molecule is COc1ccc(CCN(Cc2cnn(C)c2)C(=S)NC2CC2)cc1OC. The molecule has 0 radical (unpaired) electrons. The number of nitrogens with zero attached hydrogens (tertiary/aromatic N) is 3. The number of benzene rings is 1. The minimum atomic E-state index is 0.542. The van der Waals surface area contributed by atoms with Crippen molar-refractivity contribution in [2.24, 2.45) is 7.05 Å². The van der Waals surface area contributed by atoms with E-state index in [0.717, 1.165) is 41.7 Å². The third kappa shape index (κ3) is 4.88. The summed E-state index contributed by atoms with van der Waals surface area (Å²) < 4.78 is 12.5. The monoisotopic (exact) mass is 374 g/mol. The molecule has 3 rings (SSSR count). The molecule has 1 aliphatic rings. The molecule has 0 bridgehead atoms. The molecule has 0 spiro atoms. The summed E-state index contributed by atoms with van der Waals surface area (Å²) >= 11 is 5.64. The van der Waals surface area contributed by atoms with Crippen LogP contribution < -0.4 is 14.8 Å². The van der Waals surface area contributed by atoms with Crippen LogP contribution in [0.1, 0.15) is 24.0 Å². The molecule has 0 amide bonds. The zero-order valence-electron chi connectivity index (χ0n) is 15.6. The Bertz CT molecular complexity index is 758. The molecule has 1 aliphatic carbocycles. The van der Waals surface area contributed by atoms with E-state index in [1.807, 2.05) is 36.3 Å². The number of methoxy groups -OCH3 is 2. The van der Waals surface area contributed by atoms with E-state index in [1.165, 1.54) is 18.4 Å². The number of hydrogen-bond donors (Lipinski definition) is 1. The van der Waals surface area contributed by atoms with Gasteiger partial charge in [-0.25, -0.2) is 0 Å². The highest BCUT2D eigenvalue weighted by Crippen LogP contribution is 2.28. The molecule has 2 aromatic rings. The van der Waals surface area contributed by atoms with Gasteiger partial charge < -0.3 is 19.7 Å². The second-order valence-corrected chi connectivity index (χ2v) is 6.99. The third-order valence-corrected chi connectivity index (χ3v) is 4.82. The maximum Gasteiger partial charge on any atom is 0.169 e. The van der Waals surface area contributed by atoms with Crippen LogP contribution in [0.2, 0.25) is 0 Å². The summed E-state index contributed by atoms with van der Waals surface area (Å²) in [5.74, 6) is 1.50. The molecule has 1 heterocycles. The summed E-state index contributed by atoms with van der Waals surface area (Å²) in [6.45, 7) is 1.57. The highest BCUT2D eigenvalue weighted by atomic mass is 32.1. The molecule has 140 valence electrons. The Balaban J connectivity index is 1.67. The average Bonchev–Trinajstić information content (AvgIpc) is 3.37. The van der Waals surface area contributed by atoms with Crippen LogP contribution >= 0.6 is 12.2 Å². The van der Waals surface area contributed by atoms with Crippen molar-refractivity contribution in [3.63, 3.8) is 0 Å². The largest absolute Gasteiger partial charge is 0.493 e. The van der Waals surface area contributed by atoms with Gasteiger partial charge in [-0.1, -0.05) is 6.07 Å². The third-order valence-electron chi connectivity index (χ3n) is 4.44. The molecule has 0 unspecified atom stereocenters. The summed E-state index contributed by atoms with van der Waals surface area (Å²) in [4.78, 5) is 2.21. The summed E-state index contributed by atoms with van der Waals surface area (Å²) in [5.41, 5.74) is 2.34. The van der Waals surface area contributed by atoms with Gasteiger partial charge in [-0.05, 0) is 49.2 Å². The molecule has 0 atom stereocenters. The first-order valence-electron chi connectivity index (χ1n) is 8.83. The lowest BCUT2D eigenvalue weighted by Crippen LogP contribution is -2.41. The molecular formula is C19H26N4O2S. The lowest BCUT2D eigenvalue weighted by Gasteiger charge is -2.25. The number of aromatic nitrogens is 2. The Morgan fingerprint density at radius 1 is 1.27 bits per heavy atom. The van der Waals surface area contributed by atoms with Gasteiger partial charge >= 0.3 is 0 Å². The number of aryl methyl sites for hydroxylation is 1. The second-order valence-electron chi connectivity index (χ2n) is 6.61. The number of hydrogen-bond acceptors (Lipinski definition) is 4. The molecule has 1 fully saturated rings. The summed E-state index contributed by atoms with van der Waals surface area (Å²) in [6, 6.07) is 6.58. The van der Waals surface area contributed by atoms with E-state index in [4.69, 9.17) is 21.7 Å². The van der Waals surface area contributed by atoms with Crippen molar-refractivity contribution in [1.29, 1.82) is 0 Å². The maximum atomic E-state index is 5.64. The maximum absolute atomic E-state index is 5.64. The van der Waals surface area contributed by atoms with Crippen molar-refractivity contribution >= 4 is 17.3 Å². The zero-order valence-corrected chi connectivity index (χ0v) is 16.4. The van der Waals surface area contributed by atoms with Crippen molar-refractivity contribution in [2.45, 2.75) is 31.8 Å². The normalized spacial score (nSPS) is 13.3. The standard InChI is InChI=1S/C19H26N4O2S/c1-22-12-15(11-20-22)13-23(19(26)21-16-5-6-16)9-8-14-4-7-17(24-2)18(10-14)25-3/h4,7,10-12,16H,5-6,8-9,13H2,1-3H3,(H,21,26). The quantitative estimate of drug-likeness (QED) is 0.717. The Morgan fingerprint density at radius 2 is 2.04 bits per heavy atom. The number of ether oxygens (including phenoxy) is 2. The predicted octanol–water partition coefficient (Wildman–Crippen LogP) is 2.52. The van der Waals surface area contributed by atoms with Crippen LogP contribution in [0, 0.1) is 0 Å². The van der Waals surface area contributed by atoms with Crippen LogP contribution in [0.3, 0.4) is 0 Å². The van der Waals surface area contributed by atoms with E-state index in [9.17, 15) is 0 Å². The average molecular weight is 375 g/mol. The first kappa shape index (κ1) is 18.5. The van der Waals surface area contributed by atoms with E-state index in [-0.39, 0.29) is 0 Å². The van der Waals surface area contributed by atoms with Crippen LogP contribution in [0.25, 0.3) is 0 Å². The van der Waals surface area contributed by atoms with Crippen LogP contribution in [0.5, 0.6) is 11.5 Å². The lowest BCUT2D eigenvalue weighted by atomic mass is 10.1. The first-order valence-corrected chi connectivity index (χ1v) is 9.23. The van der Waals surface area contributed by atoms with Gasteiger partial charge in [0.25, 0.3) is 0 Å². The Hall–Kier alpha value is -2.28. The number of rotatable bonds is 8. The van der Waals surface area contributed by atoms with Gasteiger partial charge in [0.05, 0.1) is 20.4 Å². The Morgan fingerprint density at radius 3 is 2.65 bits per heavy atom. The molecule has 1 N–H and O–H groups in total. The summed E-state index contributed by atoms with van der Waals surface area (Å²) in [6.07, 6.45) is 7.20. The molecule has 1 aromatic heterocycles. The topological polar surface area (TPSA) is 51.5 Å². The van der Waals surface area contributed by atoms with Crippen LogP contribution in [0.15, 0.2) is 30.6 Å². The smallest absolute Gasteiger partial charge is 0.169 e. The van der Waals surface area contributed by atoms with Gasteiger partial charge in [0.15, 0.2) is 16.6 Å². The van der Waals surface area contributed by atoms with Crippen molar-refractivity contribution < 1.29 is 9.47 Å². The molecule has 7 heteroatoms. The Kier molecular flexibility index (Phi) is 5.98. The first-order chi connectivity index (χ1) is 12.6. The van der Waals surface area contributed by atoms with Crippen molar-refractivity contribution in [1.82, 2.24) is 20.0 Å². The van der Waals surface area contributed by atoms with Gasteiger partial charge in [-0.2, -0.15) is 5.10 Å². The van der Waals surface area contributed by atoms with E-state index >= 15 is 0 Å². The molecule has 0 saturated heterocycles. The Labute approximate surface area is 160 Å². The summed E-state index contributed by atoms with van der Waals surface area (Å²) in [7, 11) is 5.23. The van der Waals surface area contributed by atoms with Gasteiger partial charge in [0, 0.05) is 37.9 Å². The number of thiocarbonyl (C=S) groups is 1. The van der Waals surface area contributed by atoms with Gasteiger partial charge in [0.1, 0.15) is 0 Å². The molecule has 6 nitrogen and oxygen atoms in total. The van der Waals surface area contributed by atoms with Crippen molar-refractivity contribution in [2.75, 3.05) is 20.8 Å². The number of nitrogens with one attached hydrogen (secondary N) is 1. The molecule has 0 aliphatic heterocycles. The van der Waals surface area contributed by atoms with E-state index < -0.39 is 0 Å². The van der Waals surface area contributed by atoms with E-state index in [1.54, 1.807) is 14.2 Å². The molecule has 1 aromatic carbocycles. The van der Waals surface area contributed by atoms with E-state index in [0.29, 0.717) is 6.04 Å². The fourth-order valence-corrected chi connectivity index (χ4v) is 3.14. The van der Waals surface area contributed by atoms with Crippen molar-refractivity contribution in [3.8, 4) is 11.5 Å². The minimum absolute atomic E-state index is 0.542. The molecular weight excluding hydrogens is 348 g/mol. The fourth-order valence-electron chi connectivity index (χ4n) is 2.82. The highest BCUT2D eigenvalue weighted by Gasteiger charge is 2.24. The highest BCUT2D eigenvalue weighted by molar-refractivity contribution is 7.80. The molecule has 1 saturated carbocycles. The van der Waals surface area contributed by atoms with Crippen LogP contribution in [-0.4, -0.2) is 46.6 Å². The van der Waals surface area contributed by atoms with E-state index in [2.05, 4.69) is 21.4 Å². The predicted molar refractivity (Wildman–Crippen MR) is 106 cm³/mol. The minimum Gasteiger partial charge on any atom is -0.493 e. The fraction of sp³-hybridized carbons (Fsp3) is 0.474. The van der Waals surface area contributed by atoms with Gasteiger partial charge in [-0.3, -0.25) is 4.68 Å². The molecule has 26 heavy (non-hydrogen) atoms. The second kappa shape index (κ2) is 8.40. The van der Waals surface area contributed by atoms with Crippen molar-refractivity contribution in [3.05, 3.63) is 41.7 Å². The van der Waals surface area contributed by atoms with Gasteiger partial charge in [0.2, 0.25) is 0 Å². The van der Waals surface area contributed by atoms with Crippen LogP contribution in [-0.2, 0) is 20.0 Å². The lowest BCUT2D eigenvalue weighted by molar-refractivity contribution is 0.354. The van der Waals surface area contributed by atoms with Gasteiger partial charge in [-0.15, -0.1) is 0 Å². The summed E-state index contributed by atoms with van der Waals surface area (Å²) in [5, 5.41) is 8.52. The zero-order chi connectivity index (χ0) is 18.5. The van der Waals surface area contributed by atoms with Crippen LogP contribution in [0.4, 0.5) is 0 Å².